The van der Waals surface area contributed by atoms with Gasteiger partial charge in [0.05, 0.1) is 24.5 Å². The molecule has 1 aliphatic heterocycles. The predicted octanol–water partition coefficient (Wildman–Crippen LogP) is 0.866. The van der Waals surface area contributed by atoms with E-state index in [2.05, 4.69) is 9.59 Å². The number of aromatic nitrogens is 2. The van der Waals surface area contributed by atoms with Crippen LogP contribution in [0.5, 0.6) is 0 Å². The van der Waals surface area contributed by atoms with E-state index in [1.165, 1.54) is 11.5 Å². The van der Waals surface area contributed by atoms with Crippen LogP contribution in [-0.4, -0.2) is 33.0 Å². The first kappa shape index (κ1) is 10.0. The molecule has 78 valence electrons. The van der Waals surface area contributed by atoms with E-state index >= 15 is 0 Å². The fraction of sp³-hybridized carbons (Fsp3) is 0.778. The summed E-state index contributed by atoms with van der Waals surface area (Å²) in [5.41, 5.74) is -0.414. The van der Waals surface area contributed by atoms with E-state index in [-0.39, 0.29) is 5.92 Å². The van der Waals surface area contributed by atoms with Gasteiger partial charge in [0.1, 0.15) is 0 Å². The van der Waals surface area contributed by atoms with Crippen molar-refractivity contribution in [1.29, 1.82) is 0 Å². The van der Waals surface area contributed by atoms with Gasteiger partial charge in [-0.25, -0.2) is 0 Å². The molecule has 0 spiro atoms. The van der Waals surface area contributed by atoms with Crippen molar-refractivity contribution < 1.29 is 9.84 Å². The van der Waals surface area contributed by atoms with Crippen LogP contribution < -0.4 is 0 Å². The Hall–Kier alpha value is -0.520. The summed E-state index contributed by atoms with van der Waals surface area (Å²) in [6, 6.07) is 0. The van der Waals surface area contributed by atoms with Crippen molar-refractivity contribution in [3.63, 3.8) is 0 Å². The van der Waals surface area contributed by atoms with E-state index < -0.39 is 11.7 Å². The number of aliphatic hydroxyl groups excluding tert-OH is 1. The zero-order valence-corrected chi connectivity index (χ0v) is 9.12. The van der Waals surface area contributed by atoms with E-state index in [9.17, 15) is 5.11 Å². The van der Waals surface area contributed by atoms with Gasteiger partial charge in [0.25, 0.3) is 0 Å². The lowest BCUT2D eigenvalue weighted by Crippen LogP contribution is -2.35. The molecule has 1 aromatic rings. The van der Waals surface area contributed by atoms with Crippen molar-refractivity contribution >= 4 is 11.5 Å². The van der Waals surface area contributed by atoms with Crippen LogP contribution in [0.2, 0.25) is 0 Å². The maximum atomic E-state index is 9.95. The summed E-state index contributed by atoms with van der Waals surface area (Å²) < 4.78 is 9.32. The highest BCUT2D eigenvalue weighted by atomic mass is 32.1. The summed E-state index contributed by atoms with van der Waals surface area (Å²) in [5.74, 6) is 0.173. The molecule has 2 unspecified atom stereocenters. The lowest BCUT2D eigenvalue weighted by molar-refractivity contribution is -0.0311. The van der Waals surface area contributed by atoms with Gasteiger partial charge in [-0.15, -0.1) is 5.10 Å². The Morgan fingerprint density at radius 1 is 1.71 bits per heavy atom. The maximum Gasteiger partial charge on any atom is 0.0888 e. The minimum atomic E-state index is -0.414. The molecular formula is C9H14N2O2S. The van der Waals surface area contributed by atoms with Crippen molar-refractivity contribution in [1.82, 2.24) is 9.59 Å². The number of rotatable bonds is 2. The summed E-state index contributed by atoms with van der Waals surface area (Å²) in [5, 5.41) is 13.7. The first-order valence-corrected chi connectivity index (χ1v) is 5.45. The average Bonchev–Trinajstić information content (AvgIpc) is 2.70. The summed E-state index contributed by atoms with van der Waals surface area (Å²) in [6.45, 7) is 4.46. The Morgan fingerprint density at radius 2 is 2.50 bits per heavy atom. The third-order valence-electron chi connectivity index (χ3n) is 2.70. The van der Waals surface area contributed by atoms with Gasteiger partial charge in [0, 0.05) is 10.8 Å². The van der Waals surface area contributed by atoms with Crippen molar-refractivity contribution in [2.45, 2.75) is 32.0 Å². The van der Waals surface area contributed by atoms with Gasteiger partial charge < -0.3 is 9.84 Å². The van der Waals surface area contributed by atoms with E-state index in [4.69, 9.17) is 4.74 Å². The normalized spacial score (nSPS) is 30.8. The Labute approximate surface area is 87.1 Å². The average molecular weight is 214 g/mol. The summed E-state index contributed by atoms with van der Waals surface area (Å²) >= 11 is 1.38. The fourth-order valence-corrected chi connectivity index (χ4v) is 2.35. The zero-order valence-electron chi connectivity index (χ0n) is 8.30. The fourth-order valence-electron chi connectivity index (χ4n) is 1.77. The molecule has 2 rings (SSSR count). The molecule has 1 fully saturated rings. The van der Waals surface area contributed by atoms with E-state index in [0.717, 1.165) is 11.3 Å². The minimum absolute atomic E-state index is 0.173. The molecule has 1 aromatic heterocycles. The number of hydrogen-bond donors (Lipinski definition) is 1. The Kier molecular flexibility index (Phi) is 2.55. The Balaban J connectivity index is 2.01. The number of hydrogen-bond acceptors (Lipinski definition) is 5. The van der Waals surface area contributed by atoms with Gasteiger partial charge in [-0.1, -0.05) is 4.49 Å². The van der Waals surface area contributed by atoms with E-state index in [1.54, 1.807) is 6.20 Å². The monoisotopic (exact) mass is 214 g/mol. The third kappa shape index (κ3) is 1.80. The molecule has 2 heterocycles. The second kappa shape index (κ2) is 3.56. The van der Waals surface area contributed by atoms with E-state index in [1.807, 2.05) is 13.8 Å². The molecule has 0 amide bonds. The quantitative estimate of drug-likeness (QED) is 0.793. The molecule has 0 aromatic carbocycles. The molecule has 0 radical (unpaired) electrons. The van der Waals surface area contributed by atoms with Gasteiger partial charge in [-0.2, -0.15) is 0 Å². The minimum Gasteiger partial charge on any atom is -0.390 e. The van der Waals surface area contributed by atoms with Crippen LogP contribution in [0.25, 0.3) is 0 Å². The highest BCUT2D eigenvalue weighted by molar-refractivity contribution is 7.05. The number of ether oxygens (including phenoxy) is 1. The molecule has 1 saturated heterocycles. The lowest BCUT2D eigenvalue weighted by atomic mass is 9.91. The highest BCUT2D eigenvalue weighted by Gasteiger charge is 2.42. The largest absolute Gasteiger partial charge is 0.390 e. The molecule has 0 bridgehead atoms. The molecule has 1 N–H and O–H groups in total. The molecule has 4 nitrogen and oxygen atoms in total. The third-order valence-corrected chi connectivity index (χ3v) is 3.38. The topological polar surface area (TPSA) is 55.2 Å². The molecule has 14 heavy (non-hydrogen) atoms. The van der Waals surface area contributed by atoms with Gasteiger partial charge >= 0.3 is 0 Å². The standard InChI is InChI=1S/C9H14N2O2S/c1-9(2)8(12)6(5-13-9)3-7-4-10-11-14-7/h4,6,8,12H,3,5H2,1-2H3. The van der Waals surface area contributed by atoms with Crippen molar-refractivity contribution in [2.75, 3.05) is 6.61 Å². The van der Waals surface area contributed by atoms with Gasteiger partial charge in [-0.05, 0) is 31.8 Å². The maximum absolute atomic E-state index is 9.95. The number of aliphatic hydroxyl groups is 1. The van der Waals surface area contributed by atoms with E-state index in [0.29, 0.717) is 6.61 Å². The molecular weight excluding hydrogens is 200 g/mol. The molecule has 5 heteroatoms. The van der Waals surface area contributed by atoms with Crippen molar-refractivity contribution in [3.8, 4) is 0 Å². The first-order chi connectivity index (χ1) is 6.59. The SMILES string of the molecule is CC1(C)OCC(Cc2cnns2)C1O. The summed E-state index contributed by atoms with van der Waals surface area (Å²) in [6.07, 6.45) is 2.16. The highest BCUT2D eigenvalue weighted by Crippen LogP contribution is 2.32. The molecule has 2 atom stereocenters. The summed E-state index contributed by atoms with van der Waals surface area (Å²) in [7, 11) is 0. The van der Waals surface area contributed by atoms with Crippen LogP contribution in [0.3, 0.4) is 0 Å². The second-order valence-corrected chi connectivity index (χ2v) is 5.08. The van der Waals surface area contributed by atoms with Crippen LogP contribution >= 0.6 is 11.5 Å². The smallest absolute Gasteiger partial charge is 0.0888 e. The lowest BCUT2D eigenvalue weighted by Gasteiger charge is -2.23. The van der Waals surface area contributed by atoms with Gasteiger partial charge in [-0.3, -0.25) is 0 Å². The first-order valence-electron chi connectivity index (χ1n) is 4.68. The molecule has 0 aliphatic carbocycles. The number of nitrogens with zero attached hydrogens (tertiary/aromatic N) is 2. The summed E-state index contributed by atoms with van der Waals surface area (Å²) in [4.78, 5) is 1.11. The zero-order chi connectivity index (χ0) is 10.2. The second-order valence-electron chi connectivity index (χ2n) is 4.21. The molecule has 0 saturated carbocycles. The van der Waals surface area contributed by atoms with Crippen molar-refractivity contribution in [2.24, 2.45) is 5.92 Å². The van der Waals surface area contributed by atoms with Crippen molar-refractivity contribution in [3.05, 3.63) is 11.1 Å². The van der Waals surface area contributed by atoms with Crippen LogP contribution in [0.4, 0.5) is 0 Å². The van der Waals surface area contributed by atoms with Crippen LogP contribution in [0.15, 0.2) is 6.20 Å². The van der Waals surface area contributed by atoms with Crippen LogP contribution in [-0.2, 0) is 11.2 Å². The Bertz CT molecular complexity index is 300. The van der Waals surface area contributed by atoms with Crippen LogP contribution in [0.1, 0.15) is 18.7 Å². The van der Waals surface area contributed by atoms with Crippen LogP contribution in [0, 0.1) is 5.92 Å². The predicted molar refractivity (Wildman–Crippen MR) is 53.1 cm³/mol. The van der Waals surface area contributed by atoms with Gasteiger partial charge in [0.15, 0.2) is 0 Å². The molecule has 1 aliphatic rings. The van der Waals surface area contributed by atoms with Gasteiger partial charge in [0.2, 0.25) is 0 Å². The Morgan fingerprint density at radius 3 is 3.00 bits per heavy atom.